The number of aromatic carboxylic acids is 1. The van der Waals surface area contributed by atoms with E-state index in [1.807, 2.05) is 13.0 Å². The van der Waals surface area contributed by atoms with Crippen LogP contribution in [0.5, 0.6) is 0 Å². The molecule has 0 spiro atoms. The van der Waals surface area contributed by atoms with Gasteiger partial charge in [-0.1, -0.05) is 0 Å². The van der Waals surface area contributed by atoms with Gasteiger partial charge in [-0.15, -0.1) is 0 Å². The van der Waals surface area contributed by atoms with Crippen LogP contribution in [0.4, 0.5) is 5.69 Å². The van der Waals surface area contributed by atoms with E-state index in [9.17, 15) is 4.79 Å². The summed E-state index contributed by atoms with van der Waals surface area (Å²) >= 11 is 0. The number of methoxy groups -OCH3 is 1. The molecule has 0 radical (unpaired) electrons. The zero-order chi connectivity index (χ0) is 13.1. The number of piperidine rings is 1. The Balaban J connectivity index is 2.20. The van der Waals surface area contributed by atoms with Crippen LogP contribution in [0.2, 0.25) is 0 Å². The number of benzene rings is 1. The Morgan fingerprint density at radius 3 is 2.89 bits per heavy atom. The molecule has 1 aromatic rings. The van der Waals surface area contributed by atoms with Crippen molar-refractivity contribution in [2.75, 3.05) is 25.1 Å². The normalized spacial score (nSPS) is 19.9. The van der Waals surface area contributed by atoms with Gasteiger partial charge in [-0.25, -0.2) is 4.79 Å². The fraction of sp³-hybridized carbons (Fsp3) is 0.500. The van der Waals surface area contributed by atoms with Crippen LogP contribution in [0.25, 0.3) is 0 Å². The van der Waals surface area contributed by atoms with Crippen LogP contribution in [0.3, 0.4) is 0 Å². The van der Waals surface area contributed by atoms with E-state index in [-0.39, 0.29) is 6.10 Å². The molecule has 1 heterocycles. The predicted molar refractivity (Wildman–Crippen MR) is 70.4 cm³/mol. The number of aryl methyl sites for hydroxylation is 1. The molecule has 98 valence electrons. The first-order chi connectivity index (χ1) is 8.61. The third-order valence-corrected chi connectivity index (χ3v) is 3.50. The maximum absolute atomic E-state index is 10.9. The van der Waals surface area contributed by atoms with Crippen LogP contribution < -0.4 is 4.90 Å². The largest absolute Gasteiger partial charge is 0.478 e. The first-order valence-corrected chi connectivity index (χ1v) is 6.23. The molecule has 1 atom stereocenters. The Morgan fingerprint density at radius 2 is 2.28 bits per heavy atom. The average Bonchev–Trinajstić information content (AvgIpc) is 2.38. The van der Waals surface area contributed by atoms with Crippen molar-refractivity contribution < 1.29 is 14.6 Å². The minimum Gasteiger partial charge on any atom is -0.478 e. The Morgan fingerprint density at radius 1 is 1.50 bits per heavy atom. The Kier molecular flexibility index (Phi) is 3.87. The van der Waals surface area contributed by atoms with Gasteiger partial charge >= 0.3 is 5.97 Å². The second-order valence-corrected chi connectivity index (χ2v) is 4.75. The smallest absolute Gasteiger partial charge is 0.335 e. The summed E-state index contributed by atoms with van der Waals surface area (Å²) in [7, 11) is 1.74. The average molecular weight is 249 g/mol. The number of nitrogens with zero attached hydrogens (tertiary/aromatic N) is 1. The Labute approximate surface area is 107 Å². The Bertz CT molecular complexity index is 445. The molecule has 0 bridgehead atoms. The van der Waals surface area contributed by atoms with Crippen molar-refractivity contribution in [3.05, 3.63) is 29.3 Å². The van der Waals surface area contributed by atoms with Gasteiger partial charge in [0, 0.05) is 25.9 Å². The van der Waals surface area contributed by atoms with Crippen LogP contribution in [-0.4, -0.2) is 37.4 Å². The van der Waals surface area contributed by atoms with Crippen LogP contribution in [0.1, 0.15) is 28.8 Å². The topological polar surface area (TPSA) is 49.8 Å². The third-order valence-electron chi connectivity index (χ3n) is 3.50. The fourth-order valence-electron chi connectivity index (χ4n) is 2.49. The molecule has 2 rings (SSSR count). The molecule has 4 heteroatoms. The van der Waals surface area contributed by atoms with E-state index in [4.69, 9.17) is 9.84 Å². The molecule has 0 aromatic heterocycles. The molecule has 1 N–H and O–H groups in total. The number of hydrogen-bond acceptors (Lipinski definition) is 3. The summed E-state index contributed by atoms with van der Waals surface area (Å²) in [6.07, 6.45) is 2.48. The summed E-state index contributed by atoms with van der Waals surface area (Å²) in [5.41, 5.74) is 2.46. The molecular weight excluding hydrogens is 230 g/mol. The van der Waals surface area contributed by atoms with Crippen molar-refractivity contribution in [1.29, 1.82) is 0 Å². The number of rotatable bonds is 3. The fourth-order valence-corrected chi connectivity index (χ4v) is 2.49. The molecule has 18 heavy (non-hydrogen) atoms. The van der Waals surface area contributed by atoms with Gasteiger partial charge in [-0.3, -0.25) is 0 Å². The predicted octanol–water partition coefficient (Wildman–Crippen LogP) is 2.31. The van der Waals surface area contributed by atoms with Crippen LogP contribution in [0, 0.1) is 6.92 Å². The van der Waals surface area contributed by atoms with Gasteiger partial charge in [0.25, 0.3) is 0 Å². The van der Waals surface area contributed by atoms with E-state index in [0.29, 0.717) is 5.56 Å². The lowest BCUT2D eigenvalue weighted by Gasteiger charge is -2.34. The molecule has 1 fully saturated rings. The highest BCUT2D eigenvalue weighted by molar-refractivity contribution is 5.88. The van der Waals surface area contributed by atoms with E-state index in [1.165, 1.54) is 0 Å². The first-order valence-electron chi connectivity index (χ1n) is 6.23. The number of anilines is 1. The highest BCUT2D eigenvalue weighted by atomic mass is 16.5. The zero-order valence-corrected chi connectivity index (χ0v) is 10.8. The number of ether oxygens (including phenoxy) is 1. The van der Waals surface area contributed by atoms with E-state index >= 15 is 0 Å². The molecule has 4 nitrogen and oxygen atoms in total. The van der Waals surface area contributed by atoms with Gasteiger partial charge < -0.3 is 14.7 Å². The summed E-state index contributed by atoms with van der Waals surface area (Å²) in [6.45, 7) is 3.84. The quantitative estimate of drug-likeness (QED) is 0.893. The van der Waals surface area contributed by atoms with Crippen molar-refractivity contribution in [1.82, 2.24) is 0 Å². The molecule has 0 aliphatic carbocycles. The Hall–Kier alpha value is -1.55. The molecule has 1 aromatic carbocycles. The summed E-state index contributed by atoms with van der Waals surface area (Å²) in [5.74, 6) is -0.877. The van der Waals surface area contributed by atoms with E-state index in [1.54, 1.807) is 19.2 Å². The van der Waals surface area contributed by atoms with Crippen molar-refractivity contribution >= 4 is 11.7 Å². The minimum atomic E-state index is -0.877. The molecular formula is C14H19NO3. The second-order valence-electron chi connectivity index (χ2n) is 4.75. The maximum Gasteiger partial charge on any atom is 0.335 e. The zero-order valence-electron chi connectivity index (χ0n) is 10.8. The minimum absolute atomic E-state index is 0.275. The van der Waals surface area contributed by atoms with Crippen molar-refractivity contribution in [3.63, 3.8) is 0 Å². The first kappa shape index (κ1) is 12.9. The lowest BCUT2D eigenvalue weighted by atomic mass is 10.0. The summed E-state index contributed by atoms with van der Waals surface area (Å²) < 4.78 is 5.41. The van der Waals surface area contributed by atoms with Crippen LogP contribution in [0.15, 0.2) is 18.2 Å². The maximum atomic E-state index is 10.9. The number of carboxylic acid groups (broad SMARTS) is 1. The summed E-state index contributed by atoms with van der Waals surface area (Å²) in [6, 6.07) is 5.30. The van der Waals surface area contributed by atoms with Gasteiger partial charge in [0.15, 0.2) is 0 Å². The van der Waals surface area contributed by atoms with Gasteiger partial charge in [0.2, 0.25) is 0 Å². The molecule has 1 unspecified atom stereocenters. The molecule has 1 saturated heterocycles. The number of carbonyl (C=O) groups is 1. The molecule has 0 saturated carbocycles. The molecule has 1 aliphatic rings. The van der Waals surface area contributed by atoms with Crippen molar-refractivity contribution in [2.45, 2.75) is 25.9 Å². The second kappa shape index (κ2) is 5.40. The van der Waals surface area contributed by atoms with Crippen LogP contribution in [-0.2, 0) is 4.74 Å². The number of carboxylic acids is 1. The lowest BCUT2D eigenvalue weighted by molar-refractivity contribution is 0.0696. The van der Waals surface area contributed by atoms with Crippen molar-refractivity contribution in [2.24, 2.45) is 0 Å². The number of hydrogen-bond donors (Lipinski definition) is 1. The molecule has 1 aliphatic heterocycles. The monoisotopic (exact) mass is 249 g/mol. The van der Waals surface area contributed by atoms with E-state index < -0.39 is 5.97 Å². The highest BCUT2D eigenvalue weighted by Crippen LogP contribution is 2.25. The van der Waals surface area contributed by atoms with Crippen molar-refractivity contribution in [3.8, 4) is 0 Å². The standard InChI is InChI=1S/C14H19NO3/c1-10-8-11(14(16)17)5-6-13(10)15-7-3-4-12(9-15)18-2/h5-6,8,12H,3-4,7,9H2,1-2H3,(H,16,17). The lowest BCUT2D eigenvalue weighted by Crippen LogP contribution is -2.39. The van der Waals surface area contributed by atoms with Gasteiger partial charge in [0.05, 0.1) is 11.7 Å². The third kappa shape index (κ3) is 2.64. The highest BCUT2D eigenvalue weighted by Gasteiger charge is 2.21. The van der Waals surface area contributed by atoms with E-state index in [0.717, 1.165) is 37.2 Å². The SMILES string of the molecule is COC1CCCN(c2ccc(C(=O)O)cc2C)C1. The van der Waals surface area contributed by atoms with Gasteiger partial charge in [-0.2, -0.15) is 0 Å². The summed E-state index contributed by atoms with van der Waals surface area (Å²) in [4.78, 5) is 13.2. The van der Waals surface area contributed by atoms with Gasteiger partial charge in [0.1, 0.15) is 0 Å². The molecule has 0 amide bonds. The van der Waals surface area contributed by atoms with E-state index in [2.05, 4.69) is 4.90 Å². The van der Waals surface area contributed by atoms with Crippen LogP contribution >= 0.6 is 0 Å². The summed E-state index contributed by atoms with van der Waals surface area (Å²) in [5, 5.41) is 8.96. The van der Waals surface area contributed by atoms with Gasteiger partial charge in [-0.05, 0) is 43.5 Å².